The van der Waals surface area contributed by atoms with Crippen LogP contribution in [0, 0.1) is 0 Å². The molecule has 1 aliphatic rings. The van der Waals surface area contributed by atoms with E-state index in [0.29, 0.717) is 5.69 Å². The Morgan fingerprint density at radius 1 is 1.00 bits per heavy atom. The van der Waals surface area contributed by atoms with Crippen LogP contribution in [0.25, 0.3) is 0 Å². The fraction of sp³-hybridized carbons (Fsp3) is 0.333. The van der Waals surface area contributed by atoms with Gasteiger partial charge in [0.05, 0.1) is 17.4 Å². The number of piperidine rings is 1. The first-order valence-corrected chi connectivity index (χ1v) is 8.13. The third-order valence-corrected chi connectivity index (χ3v) is 4.17. The highest BCUT2D eigenvalue weighted by molar-refractivity contribution is 6.02. The number of carbonyl (C=O) groups is 1. The van der Waals surface area contributed by atoms with Gasteiger partial charge in [0.25, 0.3) is 5.91 Å². The average molecular weight is 349 g/mol. The van der Waals surface area contributed by atoms with E-state index in [1.165, 1.54) is 18.6 Å². The van der Waals surface area contributed by atoms with Crippen LogP contribution in [0.15, 0.2) is 42.6 Å². The zero-order chi connectivity index (χ0) is 17.9. The lowest BCUT2D eigenvalue weighted by atomic mass is 10.1. The number of aromatic nitrogens is 1. The van der Waals surface area contributed by atoms with E-state index in [4.69, 9.17) is 0 Å². The van der Waals surface area contributed by atoms with Crippen molar-refractivity contribution >= 4 is 17.3 Å². The normalized spacial score (nSPS) is 15.1. The van der Waals surface area contributed by atoms with Gasteiger partial charge < -0.3 is 10.2 Å². The van der Waals surface area contributed by atoms with Crippen LogP contribution in [0.5, 0.6) is 0 Å². The van der Waals surface area contributed by atoms with Crippen molar-refractivity contribution in [3.8, 4) is 0 Å². The molecule has 1 aliphatic heterocycles. The smallest absolute Gasteiger partial charge is 0.370 e. The van der Waals surface area contributed by atoms with Crippen molar-refractivity contribution in [2.75, 3.05) is 23.3 Å². The molecule has 3 rings (SSSR count). The van der Waals surface area contributed by atoms with Crippen molar-refractivity contribution in [1.29, 1.82) is 0 Å². The number of hydrogen-bond donors (Lipinski definition) is 1. The maximum absolute atomic E-state index is 12.5. The largest absolute Gasteiger partial charge is 0.416 e. The van der Waals surface area contributed by atoms with Crippen LogP contribution < -0.4 is 10.2 Å². The predicted molar refractivity (Wildman–Crippen MR) is 89.7 cm³/mol. The van der Waals surface area contributed by atoms with E-state index in [9.17, 15) is 18.0 Å². The molecule has 0 radical (unpaired) electrons. The fourth-order valence-corrected chi connectivity index (χ4v) is 2.80. The molecule has 4 nitrogen and oxygen atoms in total. The van der Waals surface area contributed by atoms with E-state index >= 15 is 0 Å². The Balaban J connectivity index is 1.64. The Bertz CT molecular complexity index is 721. The summed E-state index contributed by atoms with van der Waals surface area (Å²) in [5.41, 5.74) is 0.737. The lowest BCUT2D eigenvalue weighted by Gasteiger charge is -2.28. The van der Waals surface area contributed by atoms with Crippen molar-refractivity contribution in [2.24, 2.45) is 0 Å². The first-order chi connectivity index (χ1) is 11.9. The van der Waals surface area contributed by atoms with Crippen LogP contribution in [-0.4, -0.2) is 24.0 Å². The summed E-state index contributed by atoms with van der Waals surface area (Å²) in [4.78, 5) is 18.6. The SMILES string of the molecule is O=C(Nc1ccc(C(F)(F)F)cc1)c1ccc(N2CCCCC2)cn1. The van der Waals surface area contributed by atoms with Gasteiger partial charge in [-0.05, 0) is 55.7 Å². The van der Waals surface area contributed by atoms with E-state index in [2.05, 4.69) is 15.2 Å². The van der Waals surface area contributed by atoms with E-state index in [1.54, 1.807) is 12.3 Å². The number of nitrogens with zero attached hydrogens (tertiary/aromatic N) is 2. The van der Waals surface area contributed by atoms with Crippen LogP contribution in [0.3, 0.4) is 0 Å². The summed E-state index contributed by atoms with van der Waals surface area (Å²) in [6.07, 6.45) is 0.797. The summed E-state index contributed by atoms with van der Waals surface area (Å²) < 4.78 is 37.6. The quantitative estimate of drug-likeness (QED) is 0.896. The molecule has 132 valence electrons. The number of rotatable bonds is 3. The molecule has 0 saturated carbocycles. The molecule has 7 heteroatoms. The zero-order valence-electron chi connectivity index (χ0n) is 13.5. The molecule has 2 aromatic rings. The van der Waals surface area contributed by atoms with E-state index in [0.717, 1.165) is 43.8 Å². The predicted octanol–water partition coefficient (Wildman–Crippen LogP) is 4.34. The van der Waals surface area contributed by atoms with Gasteiger partial charge in [-0.2, -0.15) is 13.2 Å². The molecule has 0 bridgehead atoms. The second-order valence-corrected chi connectivity index (χ2v) is 5.98. The number of hydrogen-bond acceptors (Lipinski definition) is 3. The lowest BCUT2D eigenvalue weighted by Crippen LogP contribution is -2.29. The molecule has 0 unspecified atom stereocenters. The first-order valence-electron chi connectivity index (χ1n) is 8.13. The molecule has 1 aromatic carbocycles. The highest BCUT2D eigenvalue weighted by atomic mass is 19.4. The number of alkyl halides is 3. The van der Waals surface area contributed by atoms with Gasteiger partial charge in [0.2, 0.25) is 0 Å². The average Bonchev–Trinajstić information content (AvgIpc) is 2.62. The van der Waals surface area contributed by atoms with E-state index in [1.807, 2.05) is 6.07 Å². The van der Waals surface area contributed by atoms with Crippen molar-refractivity contribution < 1.29 is 18.0 Å². The Labute approximate surface area is 143 Å². The van der Waals surface area contributed by atoms with Gasteiger partial charge in [0.1, 0.15) is 5.69 Å². The third-order valence-electron chi connectivity index (χ3n) is 4.17. The minimum atomic E-state index is -4.39. The molecule has 2 heterocycles. The van der Waals surface area contributed by atoms with Gasteiger partial charge in [-0.25, -0.2) is 4.98 Å². The Kier molecular flexibility index (Phi) is 4.92. The second-order valence-electron chi connectivity index (χ2n) is 5.98. The molecule has 0 aliphatic carbocycles. The number of anilines is 2. The lowest BCUT2D eigenvalue weighted by molar-refractivity contribution is -0.137. The number of benzene rings is 1. The summed E-state index contributed by atoms with van der Waals surface area (Å²) in [5, 5.41) is 2.55. The molecular formula is C18H18F3N3O. The molecule has 1 N–H and O–H groups in total. The molecule has 1 fully saturated rings. The highest BCUT2D eigenvalue weighted by Crippen LogP contribution is 2.29. The number of carbonyl (C=O) groups excluding carboxylic acids is 1. The minimum Gasteiger partial charge on any atom is -0.370 e. The zero-order valence-corrected chi connectivity index (χ0v) is 13.5. The van der Waals surface area contributed by atoms with Gasteiger partial charge in [0.15, 0.2) is 0 Å². The molecular weight excluding hydrogens is 331 g/mol. The van der Waals surface area contributed by atoms with Crippen LogP contribution in [0.2, 0.25) is 0 Å². The number of pyridine rings is 1. The van der Waals surface area contributed by atoms with Gasteiger partial charge in [-0.3, -0.25) is 4.79 Å². The summed E-state index contributed by atoms with van der Waals surface area (Å²) >= 11 is 0. The van der Waals surface area contributed by atoms with Gasteiger partial charge >= 0.3 is 6.18 Å². The van der Waals surface area contributed by atoms with Crippen molar-refractivity contribution in [2.45, 2.75) is 25.4 Å². The van der Waals surface area contributed by atoms with Crippen LogP contribution in [0.4, 0.5) is 24.5 Å². The maximum atomic E-state index is 12.5. The van der Waals surface area contributed by atoms with Crippen LogP contribution >= 0.6 is 0 Å². The summed E-state index contributed by atoms with van der Waals surface area (Å²) in [7, 11) is 0. The molecule has 0 atom stereocenters. The number of nitrogens with one attached hydrogen (secondary N) is 1. The van der Waals surface area contributed by atoms with Crippen LogP contribution in [-0.2, 0) is 6.18 Å². The molecule has 1 saturated heterocycles. The topological polar surface area (TPSA) is 45.2 Å². The second kappa shape index (κ2) is 7.13. The van der Waals surface area contributed by atoms with Crippen molar-refractivity contribution in [1.82, 2.24) is 4.98 Å². The minimum absolute atomic E-state index is 0.223. The van der Waals surface area contributed by atoms with Crippen LogP contribution in [0.1, 0.15) is 35.3 Å². The van der Waals surface area contributed by atoms with Gasteiger partial charge in [-0.15, -0.1) is 0 Å². The molecule has 25 heavy (non-hydrogen) atoms. The maximum Gasteiger partial charge on any atom is 0.416 e. The number of halogens is 3. The van der Waals surface area contributed by atoms with E-state index < -0.39 is 17.6 Å². The Morgan fingerprint density at radius 3 is 2.24 bits per heavy atom. The standard InChI is InChI=1S/C18H18F3N3O/c19-18(20,21)13-4-6-14(7-5-13)23-17(25)16-9-8-15(12-22-16)24-10-2-1-3-11-24/h4-9,12H,1-3,10-11H2,(H,23,25). The van der Waals surface area contributed by atoms with Crippen molar-refractivity contribution in [3.05, 3.63) is 53.9 Å². The molecule has 1 amide bonds. The highest BCUT2D eigenvalue weighted by Gasteiger charge is 2.30. The Hall–Kier alpha value is -2.57. The van der Waals surface area contributed by atoms with E-state index in [-0.39, 0.29) is 5.69 Å². The summed E-state index contributed by atoms with van der Waals surface area (Å²) in [6, 6.07) is 7.79. The molecule has 1 aromatic heterocycles. The van der Waals surface area contributed by atoms with Gasteiger partial charge in [0, 0.05) is 18.8 Å². The Morgan fingerprint density at radius 2 is 1.68 bits per heavy atom. The molecule has 0 spiro atoms. The first kappa shape index (κ1) is 17.3. The summed E-state index contributed by atoms with van der Waals surface area (Å²) in [6.45, 7) is 1.97. The summed E-state index contributed by atoms with van der Waals surface area (Å²) in [5.74, 6) is -0.454. The fourth-order valence-electron chi connectivity index (χ4n) is 2.80. The van der Waals surface area contributed by atoms with Crippen molar-refractivity contribution in [3.63, 3.8) is 0 Å². The number of amides is 1. The monoisotopic (exact) mass is 349 g/mol. The third kappa shape index (κ3) is 4.29. The van der Waals surface area contributed by atoms with Gasteiger partial charge in [-0.1, -0.05) is 0 Å².